The van der Waals surface area contributed by atoms with Crippen LogP contribution < -0.4 is 21.7 Å². The van der Waals surface area contributed by atoms with Crippen LogP contribution in [0, 0.1) is 17.5 Å². The summed E-state index contributed by atoms with van der Waals surface area (Å²) < 4.78 is 89.5. The van der Waals surface area contributed by atoms with E-state index in [0.717, 1.165) is 17.7 Å². The number of nitrogens with one attached hydrogen (secondary N) is 3. The number of carbonyl (C=O) groups is 2. The molecular weight excluding hydrogens is 606 g/mol. The van der Waals surface area contributed by atoms with Crippen molar-refractivity contribution < 1.29 is 45.4 Å². The number of alkyl carbamates (subject to hydrolysis) is 1. The van der Waals surface area contributed by atoms with Gasteiger partial charge >= 0.3 is 12.3 Å². The van der Waals surface area contributed by atoms with E-state index in [9.17, 15) is 35.9 Å². The van der Waals surface area contributed by atoms with Crippen molar-refractivity contribution in [2.24, 2.45) is 5.73 Å². The number of anilines is 1. The lowest BCUT2D eigenvalue weighted by Gasteiger charge is -2.31. The first-order chi connectivity index (χ1) is 21.4. The van der Waals surface area contributed by atoms with E-state index < -0.39 is 60.2 Å². The van der Waals surface area contributed by atoms with Crippen molar-refractivity contribution >= 4 is 17.7 Å². The Bertz CT molecular complexity index is 1440. The SMILES string of the molecule is N[C@H](C(=O)Nc1ccccc1CC[C@@H]1CNC[C@@H](COC(=O)NCC(F)(F)F)O1)[C@@H](c1ccc(F)cc1)c1cc(F)cc(F)c1. The van der Waals surface area contributed by atoms with Gasteiger partial charge in [-0.15, -0.1) is 0 Å². The third-order valence-corrected chi connectivity index (χ3v) is 7.11. The van der Waals surface area contributed by atoms with Gasteiger partial charge in [0.15, 0.2) is 0 Å². The number of morpholine rings is 1. The summed E-state index contributed by atoms with van der Waals surface area (Å²) in [5.74, 6) is -3.88. The van der Waals surface area contributed by atoms with Crippen molar-refractivity contribution in [3.8, 4) is 0 Å². The molecule has 1 fully saturated rings. The van der Waals surface area contributed by atoms with Gasteiger partial charge in [0, 0.05) is 30.8 Å². The van der Waals surface area contributed by atoms with Crippen LogP contribution in [0.3, 0.4) is 0 Å². The summed E-state index contributed by atoms with van der Waals surface area (Å²) in [7, 11) is 0. The summed E-state index contributed by atoms with van der Waals surface area (Å²) in [6.07, 6.45) is -5.76. The van der Waals surface area contributed by atoms with Gasteiger partial charge < -0.3 is 31.2 Å². The third-order valence-electron chi connectivity index (χ3n) is 7.11. The molecule has 2 amide bonds. The molecule has 1 heterocycles. The Morgan fingerprint density at radius 2 is 1.60 bits per heavy atom. The van der Waals surface area contributed by atoms with Gasteiger partial charge in [0.2, 0.25) is 5.91 Å². The van der Waals surface area contributed by atoms with Gasteiger partial charge in [-0.25, -0.2) is 18.0 Å². The van der Waals surface area contributed by atoms with Gasteiger partial charge in [-0.1, -0.05) is 30.3 Å². The number of para-hydroxylation sites is 1. The van der Waals surface area contributed by atoms with Crippen molar-refractivity contribution in [3.05, 3.63) is 101 Å². The molecule has 4 atom stereocenters. The summed E-state index contributed by atoms with van der Waals surface area (Å²) in [5.41, 5.74) is 8.06. The first-order valence-electron chi connectivity index (χ1n) is 14.1. The molecule has 0 saturated carbocycles. The van der Waals surface area contributed by atoms with Gasteiger partial charge in [-0.3, -0.25) is 4.79 Å². The van der Waals surface area contributed by atoms with Gasteiger partial charge in [0.25, 0.3) is 0 Å². The van der Waals surface area contributed by atoms with E-state index in [1.165, 1.54) is 24.3 Å². The van der Waals surface area contributed by atoms with Crippen LogP contribution in [-0.2, 0) is 20.7 Å². The Morgan fingerprint density at radius 3 is 2.29 bits per heavy atom. The first-order valence-corrected chi connectivity index (χ1v) is 14.1. The van der Waals surface area contributed by atoms with Crippen LogP contribution in [0.5, 0.6) is 0 Å². The van der Waals surface area contributed by atoms with Gasteiger partial charge in [0.05, 0.1) is 12.1 Å². The van der Waals surface area contributed by atoms with Gasteiger partial charge in [-0.05, 0) is 59.9 Å². The Labute approximate surface area is 255 Å². The number of halogens is 6. The van der Waals surface area contributed by atoms with Crippen LogP contribution in [0.15, 0.2) is 66.7 Å². The lowest BCUT2D eigenvalue weighted by atomic mass is 9.84. The Balaban J connectivity index is 1.39. The smallest absolute Gasteiger partial charge is 0.407 e. The number of alkyl halides is 3. The molecule has 0 spiro atoms. The number of ether oxygens (including phenoxy) is 2. The quantitative estimate of drug-likeness (QED) is 0.225. The summed E-state index contributed by atoms with van der Waals surface area (Å²) in [4.78, 5) is 25.0. The molecule has 0 aliphatic carbocycles. The van der Waals surface area contributed by atoms with Gasteiger partial charge in [0.1, 0.15) is 36.7 Å². The molecule has 8 nitrogen and oxygen atoms in total. The van der Waals surface area contributed by atoms with Crippen LogP contribution >= 0.6 is 0 Å². The number of nitrogens with two attached hydrogens (primary N) is 1. The van der Waals surface area contributed by atoms with Crippen molar-refractivity contribution in [2.45, 2.75) is 43.2 Å². The minimum Gasteiger partial charge on any atom is -0.447 e. The highest BCUT2D eigenvalue weighted by atomic mass is 19.4. The third kappa shape index (κ3) is 10.2. The van der Waals surface area contributed by atoms with E-state index in [0.29, 0.717) is 43.2 Å². The predicted octanol–water partition coefficient (Wildman–Crippen LogP) is 4.78. The number of hydrogen-bond donors (Lipinski definition) is 4. The summed E-state index contributed by atoms with van der Waals surface area (Å²) in [5, 5.41) is 7.56. The first kappa shape index (κ1) is 33.7. The average molecular weight is 639 g/mol. The second kappa shape index (κ2) is 15.2. The van der Waals surface area contributed by atoms with E-state index in [1.54, 1.807) is 29.6 Å². The second-order valence-corrected chi connectivity index (χ2v) is 10.5. The van der Waals surface area contributed by atoms with Crippen LogP contribution in [0.25, 0.3) is 0 Å². The standard InChI is InChI=1S/C31H32F6N4O4/c32-21-8-5-19(6-9-21)27(20-11-22(33)13-23(34)12-20)28(38)29(42)41-26-4-2-1-3-18(26)7-10-24-14-39-15-25(45-24)16-44-30(43)40-17-31(35,36)37/h1-6,8-9,11-13,24-25,27-28,39H,7,10,14-17,38H2,(H,40,43)(H,41,42)/t24-,25+,27+,28+/m1/s1. The average Bonchev–Trinajstić information content (AvgIpc) is 2.99. The zero-order chi connectivity index (χ0) is 32.6. The minimum absolute atomic E-state index is 0.105. The molecule has 0 radical (unpaired) electrons. The molecule has 1 aliphatic heterocycles. The molecule has 4 rings (SSSR count). The van der Waals surface area contributed by atoms with Crippen molar-refractivity contribution in [1.29, 1.82) is 0 Å². The lowest BCUT2D eigenvalue weighted by molar-refractivity contribution is -0.124. The van der Waals surface area contributed by atoms with Crippen molar-refractivity contribution in [3.63, 3.8) is 0 Å². The van der Waals surface area contributed by atoms with E-state index in [4.69, 9.17) is 15.2 Å². The Hall–Kier alpha value is -4.14. The zero-order valence-electron chi connectivity index (χ0n) is 23.9. The maximum atomic E-state index is 14.1. The second-order valence-electron chi connectivity index (χ2n) is 10.5. The normalized spacial score (nSPS) is 18.1. The van der Waals surface area contributed by atoms with Crippen LogP contribution in [0.2, 0.25) is 0 Å². The maximum Gasteiger partial charge on any atom is 0.407 e. The highest BCUT2D eigenvalue weighted by molar-refractivity contribution is 5.96. The molecule has 3 aromatic carbocycles. The van der Waals surface area contributed by atoms with Crippen LogP contribution in [-0.4, -0.2) is 62.7 Å². The topological polar surface area (TPSA) is 115 Å². The Morgan fingerprint density at radius 1 is 0.933 bits per heavy atom. The van der Waals surface area contributed by atoms with E-state index in [2.05, 4.69) is 10.6 Å². The van der Waals surface area contributed by atoms with E-state index >= 15 is 0 Å². The molecule has 1 aliphatic rings. The molecule has 0 aromatic heterocycles. The van der Waals surface area contributed by atoms with E-state index in [-0.39, 0.29) is 18.3 Å². The number of amides is 2. The molecular formula is C31H32F6N4O4. The summed E-state index contributed by atoms with van der Waals surface area (Å²) in [6.45, 7) is -0.949. The van der Waals surface area contributed by atoms with Crippen molar-refractivity contribution in [1.82, 2.24) is 10.6 Å². The molecule has 1 saturated heterocycles. The number of hydrogen-bond acceptors (Lipinski definition) is 6. The highest BCUT2D eigenvalue weighted by Crippen LogP contribution is 2.30. The molecule has 0 bridgehead atoms. The van der Waals surface area contributed by atoms with Crippen LogP contribution in [0.1, 0.15) is 29.0 Å². The van der Waals surface area contributed by atoms with Crippen molar-refractivity contribution in [2.75, 3.05) is 31.6 Å². The molecule has 242 valence electrons. The number of benzene rings is 3. The zero-order valence-corrected chi connectivity index (χ0v) is 23.9. The van der Waals surface area contributed by atoms with Gasteiger partial charge in [-0.2, -0.15) is 13.2 Å². The Kier molecular flexibility index (Phi) is 11.4. The fourth-order valence-corrected chi connectivity index (χ4v) is 5.01. The number of carbonyl (C=O) groups excluding carboxylic acids is 2. The molecule has 45 heavy (non-hydrogen) atoms. The summed E-state index contributed by atoms with van der Waals surface area (Å²) in [6, 6.07) is 13.6. The molecule has 5 N–H and O–H groups in total. The highest BCUT2D eigenvalue weighted by Gasteiger charge is 2.31. The molecule has 3 aromatic rings. The lowest BCUT2D eigenvalue weighted by Crippen LogP contribution is -2.47. The molecule has 0 unspecified atom stereocenters. The number of rotatable bonds is 11. The van der Waals surface area contributed by atoms with E-state index in [1.807, 2.05) is 0 Å². The monoisotopic (exact) mass is 638 g/mol. The summed E-state index contributed by atoms with van der Waals surface area (Å²) >= 11 is 0. The maximum absolute atomic E-state index is 14.1. The number of aryl methyl sites for hydroxylation is 1. The predicted molar refractivity (Wildman–Crippen MR) is 153 cm³/mol. The minimum atomic E-state index is -4.56. The molecule has 14 heteroatoms. The fraction of sp³-hybridized carbons (Fsp3) is 0.355. The fourth-order valence-electron chi connectivity index (χ4n) is 5.01. The van der Waals surface area contributed by atoms with Crippen LogP contribution in [0.4, 0.5) is 36.8 Å². The largest absolute Gasteiger partial charge is 0.447 e.